The molecule has 3 heteroatoms. The fraction of sp³-hybridized carbons (Fsp3) is 0.583. The highest BCUT2D eigenvalue weighted by Crippen LogP contribution is 2.22. The molecule has 1 fully saturated rings. The molecule has 1 saturated heterocycles. The highest BCUT2D eigenvalue weighted by Gasteiger charge is 2.24. The third-order valence-electron chi connectivity index (χ3n) is 2.67. The van der Waals surface area contributed by atoms with Crippen LogP contribution in [0.4, 0.5) is 0 Å². The molecule has 0 spiro atoms. The Morgan fingerprint density at radius 1 is 1.80 bits per heavy atom. The van der Waals surface area contributed by atoms with Crippen molar-refractivity contribution in [3.05, 3.63) is 24.3 Å². The molecule has 2 atom stereocenters. The van der Waals surface area contributed by atoms with E-state index in [4.69, 9.17) is 4.74 Å². The molecule has 0 saturated carbocycles. The Hall–Kier alpha value is -1.09. The smallest absolute Gasteiger partial charge is 0.306 e. The Kier molecular flexibility index (Phi) is 3.69. The summed E-state index contributed by atoms with van der Waals surface area (Å²) < 4.78 is 5.11. The van der Waals surface area contributed by atoms with Crippen molar-refractivity contribution in [1.29, 1.82) is 0 Å². The number of aliphatic hydroxyl groups is 1. The van der Waals surface area contributed by atoms with Crippen LogP contribution in [0.2, 0.25) is 0 Å². The Bertz CT molecular complexity index is 289. The lowest BCUT2D eigenvalue weighted by atomic mass is 9.99. The summed E-state index contributed by atoms with van der Waals surface area (Å²) in [4.78, 5) is 10.9. The van der Waals surface area contributed by atoms with Crippen molar-refractivity contribution in [1.82, 2.24) is 0 Å². The van der Waals surface area contributed by atoms with Crippen LogP contribution in [0.15, 0.2) is 24.3 Å². The number of hydrogen-bond acceptors (Lipinski definition) is 3. The summed E-state index contributed by atoms with van der Waals surface area (Å²) in [7, 11) is 0. The van der Waals surface area contributed by atoms with Crippen molar-refractivity contribution in [2.24, 2.45) is 0 Å². The van der Waals surface area contributed by atoms with E-state index in [2.05, 4.69) is 6.58 Å². The van der Waals surface area contributed by atoms with Crippen molar-refractivity contribution < 1.29 is 14.6 Å². The standard InChI is InChI=1S/C12H18O3/c1-4-12(3,14)8-7-9(2)10-5-6-11(13)15-10/h4,7,10,14H,1,5-6,8H2,2-3H3/t10-,12+/m0/s1. The summed E-state index contributed by atoms with van der Waals surface area (Å²) in [6.07, 6.45) is 5.06. The molecule has 0 unspecified atom stereocenters. The van der Waals surface area contributed by atoms with Gasteiger partial charge in [0.2, 0.25) is 0 Å². The third kappa shape index (κ3) is 3.51. The lowest BCUT2D eigenvalue weighted by Crippen LogP contribution is -2.19. The molecule has 84 valence electrons. The van der Waals surface area contributed by atoms with Gasteiger partial charge in [0.25, 0.3) is 0 Å². The van der Waals surface area contributed by atoms with E-state index in [1.807, 2.05) is 13.0 Å². The second kappa shape index (κ2) is 4.62. The Balaban J connectivity index is 2.53. The predicted octanol–water partition coefficient (Wildman–Crippen LogP) is 1.97. The first-order chi connectivity index (χ1) is 6.94. The van der Waals surface area contributed by atoms with Gasteiger partial charge in [-0.1, -0.05) is 12.2 Å². The average Bonchev–Trinajstić information content (AvgIpc) is 2.61. The second-order valence-electron chi connectivity index (χ2n) is 4.23. The molecule has 1 aliphatic heterocycles. The van der Waals surface area contributed by atoms with Crippen molar-refractivity contribution in [3.63, 3.8) is 0 Å². The third-order valence-corrected chi connectivity index (χ3v) is 2.67. The van der Waals surface area contributed by atoms with Crippen LogP contribution in [0.25, 0.3) is 0 Å². The van der Waals surface area contributed by atoms with Gasteiger partial charge in [-0.3, -0.25) is 4.79 Å². The van der Waals surface area contributed by atoms with Gasteiger partial charge in [0, 0.05) is 6.42 Å². The largest absolute Gasteiger partial charge is 0.458 e. The van der Waals surface area contributed by atoms with Crippen LogP contribution < -0.4 is 0 Å². The minimum atomic E-state index is -0.885. The van der Waals surface area contributed by atoms with Gasteiger partial charge in [-0.15, -0.1) is 6.58 Å². The van der Waals surface area contributed by atoms with Gasteiger partial charge in [-0.05, 0) is 32.3 Å². The monoisotopic (exact) mass is 210 g/mol. The molecule has 0 amide bonds. The molecule has 1 heterocycles. The van der Waals surface area contributed by atoms with Gasteiger partial charge in [-0.25, -0.2) is 0 Å². The summed E-state index contributed by atoms with van der Waals surface area (Å²) in [5.41, 5.74) is 0.118. The minimum absolute atomic E-state index is 0.0990. The van der Waals surface area contributed by atoms with Crippen LogP contribution in [-0.2, 0) is 9.53 Å². The molecular weight excluding hydrogens is 192 g/mol. The zero-order chi connectivity index (χ0) is 11.5. The molecule has 3 nitrogen and oxygen atoms in total. The Morgan fingerprint density at radius 3 is 2.93 bits per heavy atom. The Labute approximate surface area is 90.4 Å². The quantitative estimate of drug-likeness (QED) is 0.570. The van der Waals surface area contributed by atoms with Crippen LogP contribution in [0.1, 0.15) is 33.1 Å². The summed E-state index contributed by atoms with van der Waals surface area (Å²) >= 11 is 0. The first kappa shape index (κ1) is 12.0. The molecule has 0 aliphatic carbocycles. The molecule has 0 bridgehead atoms. The molecule has 1 N–H and O–H groups in total. The molecule has 1 rings (SSSR count). The fourth-order valence-corrected chi connectivity index (χ4v) is 1.43. The molecular formula is C12H18O3. The SMILES string of the molecule is C=C[C@@](C)(O)CC=C(C)[C@@H]1CCC(=O)O1. The van der Waals surface area contributed by atoms with Crippen molar-refractivity contribution in [2.75, 3.05) is 0 Å². The average molecular weight is 210 g/mol. The van der Waals surface area contributed by atoms with Crippen LogP contribution in [0.3, 0.4) is 0 Å². The van der Waals surface area contributed by atoms with Crippen LogP contribution in [-0.4, -0.2) is 22.8 Å². The van der Waals surface area contributed by atoms with Crippen LogP contribution in [0, 0.1) is 0 Å². The Morgan fingerprint density at radius 2 is 2.47 bits per heavy atom. The number of hydrogen-bond donors (Lipinski definition) is 1. The zero-order valence-corrected chi connectivity index (χ0v) is 9.32. The van der Waals surface area contributed by atoms with E-state index in [9.17, 15) is 9.90 Å². The number of esters is 1. The van der Waals surface area contributed by atoms with Gasteiger partial charge < -0.3 is 9.84 Å². The minimum Gasteiger partial charge on any atom is -0.458 e. The van der Waals surface area contributed by atoms with E-state index in [1.165, 1.54) is 6.08 Å². The topological polar surface area (TPSA) is 46.5 Å². The highest BCUT2D eigenvalue weighted by molar-refractivity contribution is 5.72. The van der Waals surface area contributed by atoms with Crippen molar-refractivity contribution in [3.8, 4) is 0 Å². The number of carbonyl (C=O) groups is 1. The maximum Gasteiger partial charge on any atom is 0.306 e. The number of cyclic esters (lactones) is 1. The van der Waals surface area contributed by atoms with Crippen LogP contribution >= 0.6 is 0 Å². The second-order valence-corrected chi connectivity index (χ2v) is 4.23. The van der Waals surface area contributed by atoms with Gasteiger partial charge in [0.05, 0.1) is 5.60 Å². The molecule has 0 radical (unpaired) electrons. The number of rotatable bonds is 4. The normalized spacial score (nSPS) is 25.9. The van der Waals surface area contributed by atoms with E-state index >= 15 is 0 Å². The lowest BCUT2D eigenvalue weighted by Gasteiger charge is -2.17. The van der Waals surface area contributed by atoms with Gasteiger partial charge in [-0.2, -0.15) is 0 Å². The summed E-state index contributed by atoms with van der Waals surface area (Å²) in [5.74, 6) is -0.136. The van der Waals surface area contributed by atoms with Crippen molar-refractivity contribution in [2.45, 2.75) is 44.8 Å². The summed E-state index contributed by atoms with van der Waals surface area (Å²) in [6, 6.07) is 0. The summed E-state index contributed by atoms with van der Waals surface area (Å²) in [5, 5.41) is 9.70. The van der Waals surface area contributed by atoms with Crippen LogP contribution in [0.5, 0.6) is 0 Å². The summed E-state index contributed by atoms with van der Waals surface area (Å²) in [6.45, 7) is 7.17. The van der Waals surface area contributed by atoms with E-state index < -0.39 is 5.60 Å². The van der Waals surface area contributed by atoms with Gasteiger partial charge >= 0.3 is 5.97 Å². The number of ether oxygens (including phenoxy) is 1. The van der Waals surface area contributed by atoms with E-state index in [-0.39, 0.29) is 12.1 Å². The lowest BCUT2D eigenvalue weighted by molar-refractivity contribution is -0.140. The van der Waals surface area contributed by atoms with E-state index in [0.717, 1.165) is 12.0 Å². The maximum absolute atomic E-state index is 10.9. The molecule has 15 heavy (non-hydrogen) atoms. The first-order valence-corrected chi connectivity index (χ1v) is 5.17. The van der Waals surface area contributed by atoms with Gasteiger partial charge in [0.1, 0.15) is 6.10 Å². The zero-order valence-electron chi connectivity index (χ0n) is 9.32. The van der Waals surface area contributed by atoms with Crippen molar-refractivity contribution >= 4 is 5.97 Å². The fourth-order valence-electron chi connectivity index (χ4n) is 1.43. The predicted molar refractivity (Wildman–Crippen MR) is 58.3 cm³/mol. The highest BCUT2D eigenvalue weighted by atomic mass is 16.5. The molecule has 0 aromatic carbocycles. The van der Waals surface area contributed by atoms with E-state index in [0.29, 0.717) is 12.8 Å². The molecule has 0 aromatic rings. The van der Waals surface area contributed by atoms with E-state index in [1.54, 1.807) is 6.92 Å². The first-order valence-electron chi connectivity index (χ1n) is 5.17. The molecule has 0 aromatic heterocycles. The number of carbonyl (C=O) groups excluding carboxylic acids is 1. The molecule has 1 aliphatic rings. The van der Waals surface area contributed by atoms with Gasteiger partial charge in [0.15, 0.2) is 0 Å². The maximum atomic E-state index is 10.9.